The second kappa shape index (κ2) is 6.53. The molecule has 0 aliphatic carbocycles. The predicted octanol–water partition coefficient (Wildman–Crippen LogP) is -0.354. The van der Waals surface area contributed by atoms with Gasteiger partial charge in [0, 0.05) is 27.2 Å². The van der Waals surface area contributed by atoms with Crippen LogP contribution in [0, 0.1) is 0 Å². The number of rotatable bonds is 5. The molecule has 1 unspecified atom stereocenters. The van der Waals surface area contributed by atoms with E-state index in [9.17, 15) is 4.79 Å². The maximum Gasteiger partial charge on any atom is 0.244 e. The molecule has 9 heteroatoms. The van der Waals surface area contributed by atoms with Gasteiger partial charge in [0.1, 0.15) is 6.04 Å². The van der Waals surface area contributed by atoms with Gasteiger partial charge in [0.2, 0.25) is 23.8 Å². The van der Waals surface area contributed by atoms with Gasteiger partial charge in [0.05, 0.1) is 0 Å². The van der Waals surface area contributed by atoms with Crippen LogP contribution in [0.5, 0.6) is 0 Å². The van der Waals surface area contributed by atoms with E-state index < -0.39 is 6.04 Å². The quantitative estimate of drug-likeness (QED) is 0.499. The highest BCUT2D eigenvalue weighted by Crippen LogP contribution is 2.14. The van der Waals surface area contributed by atoms with Crippen molar-refractivity contribution in [3.8, 4) is 0 Å². The third-order valence-electron chi connectivity index (χ3n) is 3.29. The van der Waals surface area contributed by atoms with Crippen LogP contribution in [-0.4, -0.2) is 59.0 Å². The third kappa shape index (κ3) is 3.69. The van der Waals surface area contributed by atoms with Crippen LogP contribution in [0.1, 0.15) is 19.8 Å². The van der Waals surface area contributed by atoms with Crippen molar-refractivity contribution in [1.29, 1.82) is 0 Å². The molecule has 0 saturated carbocycles. The number of amides is 1. The first-order valence-corrected chi connectivity index (χ1v) is 6.96. The van der Waals surface area contributed by atoms with Gasteiger partial charge in [-0.1, -0.05) is 0 Å². The normalized spacial score (nSPS) is 15.7. The number of likely N-dealkylation sites (tertiary alicyclic amines) is 1. The summed E-state index contributed by atoms with van der Waals surface area (Å²) in [5.41, 5.74) is 2.40. The average molecular weight is 294 g/mol. The summed E-state index contributed by atoms with van der Waals surface area (Å²) in [4.78, 5) is 28.3. The molecule has 0 radical (unpaired) electrons. The van der Waals surface area contributed by atoms with Crippen molar-refractivity contribution in [2.45, 2.75) is 25.8 Å². The largest absolute Gasteiger partial charge is 0.347 e. The van der Waals surface area contributed by atoms with Crippen LogP contribution in [0.3, 0.4) is 0 Å². The number of nitrogens with one attached hydrogen (secondary N) is 2. The fourth-order valence-corrected chi connectivity index (χ4v) is 2.16. The number of aromatic nitrogens is 3. The first-order chi connectivity index (χ1) is 10.0. The zero-order valence-electron chi connectivity index (χ0n) is 12.6. The average Bonchev–Trinajstić information content (AvgIpc) is 3.00. The number of hydrazine groups is 1. The number of nitrogens with two attached hydrogens (primary N) is 1. The highest BCUT2D eigenvalue weighted by atomic mass is 16.2. The molecule has 9 nitrogen and oxygen atoms in total. The van der Waals surface area contributed by atoms with Crippen LogP contribution in [-0.2, 0) is 4.79 Å². The van der Waals surface area contributed by atoms with Crippen LogP contribution in [0.15, 0.2) is 0 Å². The Labute approximate surface area is 123 Å². The number of anilines is 3. The van der Waals surface area contributed by atoms with Crippen molar-refractivity contribution < 1.29 is 4.79 Å². The van der Waals surface area contributed by atoms with E-state index in [0.29, 0.717) is 11.9 Å². The Morgan fingerprint density at radius 3 is 2.43 bits per heavy atom. The predicted molar refractivity (Wildman–Crippen MR) is 80.9 cm³/mol. The van der Waals surface area contributed by atoms with Crippen LogP contribution in [0.25, 0.3) is 0 Å². The SMILES string of the molecule is CC(Nc1nc(NN)nc(N(C)C)n1)C(=O)N1CCCC1. The van der Waals surface area contributed by atoms with Gasteiger partial charge in [0.15, 0.2) is 0 Å². The Hall–Kier alpha value is -2.16. The number of carbonyl (C=O) groups is 1. The van der Waals surface area contributed by atoms with Gasteiger partial charge in [-0.15, -0.1) is 0 Å². The first kappa shape index (κ1) is 15.2. The number of nitrogens with zero attached hydrogens (tertiary/aromatic N) is 5. The Balaban J connectivity index is 2.10. The summed E-state index contributed by atoms with van der Waals surface area (Å²) in [5.74, 6) is 6.44. The molecule has 4 N–H and O–H groups in total. The molecule has 2 heterocycles. The van der Waals surface area contributed by atoms with Crippen molar-refractivity contribution in [2.24, 2.45) is 5.84 Å². The summed E-state index contributed by atoms with van der Waals surface area (Å²) in [5, 5.41) is 3.01. The van der Waals surface area contributed by atoms with Gasteiger partial charge in [-0.05, 0) is 19.8 Å². The van der Waals surface area contributed by atoms with Gasteiger partial charge < -0.3 is 15.1 Å². The van der Waals surface area contributed by atoms with Crippen molar-refractivity contribution >= 4 is 23.8 Å². The molecule has 1 saturated heterocycles. The maximum absolute atomic E-state index is 12.3. The molecule has 1 amide bonds. The lowest BCUT2D eigenvalue weighted by molar-refractivity contribution is -0.130. The molecule has 1 aromatic rings. The Bertz CT molecular complexity index is 500. The minimum absolute atomic E-state index is 0.0570. The van der Waals surface area contributed by atoms with E-state index in [-0.39, 0.29) is 11.9 Å². The molecular formula is C12H22N8O. The molecule has 1 atom stereocenters. The Morgan fingerprint density at radius 2 is 1.86 bits per heavy atom. The summed E-state index contributed by atoms with van der Waals surface area (Å²) >= 11 is 0. The fourth-order valence-electron chi connectivity index (χ4n) is 2.16. The zero-order valence-corrected chi connectivity index (χ0v) is 12.6. The van der Waals surface area contributed by atoms with Gasteiger partial charge in [0.25, 0.3) is 0 Å². The molecule has 21 heavy (non-hydrogen) atoms. The lowest BCUT2D eigenvalue weighted by atomic mass is 10.3. The highest BCUT2D eigenvalue weighted by molar-refractivity contribution is 5.84. The molecule has 2 rings (SSSR count). The fraction of sp³-hybridized carbons (Fsp3) is 0.667. The number of carbonyl (C=O) groups excluding carboxylic acids is 1. The van der Waals surface area contributed by atoms with Gasteiger partial charge >= 0.3 is 0 Å². The maximum atomic E-state index is 12.3. The zero-order chi connectivity index (χ0) is 15.4. The number of hydrogen-bond donors (Lipinski definition) is 3. The second-order valence-electron chi connectivity index (χ2n) is 5.22. The first-order valence-electron chi connectivity index (χ1n) is 6.96. The summed E-state index contributed by atoms with van der Waals surface area (Å²) in [6.45, 7) is 3.44. The number of nitrogen functional groups attached to an aromatic ring is 1. The summed E-state index contributed by atoms with van der Waals surface area (Å²) in [7, 11) is 3.64. The minimum Gasteiger partial charge on any atom is -0.347 e. The van der Waals surface area contributed by atoms with Gasteiger partial charge in [-0.2, -0.15) is 15.0 Å². The smallest absolute Gasteiger partial charge is 0.244 e. The van der Waals surface area contributed by atoms with E-state index in [1.165, 1.54) is 0 Å². The Morgan fingerprint density at radius 1 is 1.24 bits per heavy atom. The molecule has 0 aromatic carbocycles. The van der Waals surface area contributed by atoms with E-state index >= 15 is 0 Å². The minimum atomic E-state index is -0.397. The molecule has 0 bridgehead atoms. The summed E-state index contributed by atoms with van der Waals surface area (Å²) in [6.07, 6.45) is 2.13. The molecule has 1 fully saturated rings. The van der Waals surface area contributed by atoms with Crippen LogP contribution in [0.2, 0.25) is 0 Å². The van der Waals surface area contributed by atoms with Gasteiger partial charge in [-0.25, -0.2) is 5.84 Å². The van der Waals surface area contributed by atoms with Crippen molar-refractivity contribution in [3.63, 3.8) is 0 Å². The Kier molecular flexibility index (Phi) is 4.73. The van der Waals surface area contributed by atoms with Gasteiger partial charge in [-0.3, -0.25) is 10.2 Å². The number of hydrogen-bond acceptors (Lipinski definition) is 8. The third-order valence-corrected chi connectivity index (χ3v) is 3.29. The topological polar surface area (TPSA) is 112 Å². The molecule has 1 aliphatic heterocycles. The van der Waals surface area contributed by atoms with Crippen molar-refractivity contribution in [2.75, 3.05) is 42.8 Å². The molecule has 0 spiro atoms. The second-order valence-corrected chi connectivity index (χ2v) is 5.22. The van der Waals surface area contributed by atoms with E-state index in [0.717, 1.165) is 25.9 Å². The molecular weight excluding hydrogens is 272 g/mol. The van der Waals surface area contributed by atoms with Crippen LogP contribution >= 0.6 is 0 Å². The van der Waals surface area contributed by atoms with E-state index in [1.54, 1.807) is 11.8 Å². The summed E-state index contributed by atoms with van der Waals surface area (Å²) < 4.78 is 0. The van der Waals surface area contributed by atoms with E-state index in [1.807, 2.05) is 19.0 Å². The molecule has 1 aliphatic rings. The molecule has 1 aromatic heterocycles. The van der Waals surface area contributed by atoms with Crippen LogP contribution < -0.4 is 21.5 Å². The van der Waals surface area contributed by atoms with E-state index in [2.05, 4.69) is 25.7 Å². The lowest BCUT2D eigenvalue weighted by Gasteiger charge is -2.21. The van der Waals surface area contributed by atoms with E-state index in [4.69, 9.17) is 5.84 Å². The van der Waals surface area contributed by atoms with Crippen LogP contribution in [0.4, 0.5) is 17.8 Å². The van der Waals surface area contributed by atoms with Crippen molar-refractivity contribution in [3.05, 3.63) is 0 Å². The lowest BCUT2D eigenvalue weighted by Crippen LogP contribution is -2.40. The monoisotopic (exact) mass is 294 g/mol. The standard InChI is InChI=1S/C12H22N8O/c1-8(9(21)20-6-4-5-7-20)14-10-15-11(18-13)17-12(16-10)19(2)3/h8H,4-7,13H2,1-3H3,(H2,14,15,16,17,18). The molecule has 116 valence electrons. The summed E-state index contributed by atoms with van der Waals surface area (Å²) in [6, 6.07) is -0.397. The van der Waals surface area contributed by atoms with Crippen molar-refractivity contribution in [1.82, 2.24) is 19.9 Å². The highest BCUT2D eigenvalue weighted by Gasteiger charge is 2.24.